The quantitative estimate of drug-likeness (QED) is 0.585. The summed E-state index contributed by atoms with van der Waals surface area (Å²) in [7, 11) is 0. The second kappa shape index (κ2) is 3.37. The highest BCUT2D eigenvalue weighted by Crippen LogP contribution is 2.37. The molecule has 1 N–H and O–H groups in total. The van der Waals surface area contributed by atoms with Crippen LogP contribution in [0.3, 0.4) is 0 Å². The van der Waals surface area contributed by atoms with Crippen LogP contribution in [0.25, 0.3) is 0 Å². The van der Waals surface area contributed by atoms with Crippen LogP contribution in [0.1, 0.15) is 51.9 Å². The average Bonchev–Trinajstić information content (AvgIpc) is 2.05. The second-order valence-corrected chi connectivity index (χ2v) is 4.87. The van der Waals surface area contributed by atoms with Crippen molar-refractivity contribution in [1.82, 2.24) is 5.32 Å². The van der Waals surface area contributed by atoms with Crippen molar-refractivity contribution in [2.45, 2.75) is 57.4 Å². The van der Waals surface area contributed by atoms with Crippen LogP contribution in [0.15, 0.2) is 0 Å². The number of hydrogen-bond acceptors (Lipinski definition) is 1. The summed E-state index contributed by atoms with van der Waals surface area (Å²) < 4.78 is 0. The molecule has 1 nitrogen and oxygen atoms in total. The first-order valence-electron chi connectivity index (χ1n) is 5.56. The van der Waals surface area contributed by atoms with Gasteiger partial charge in [-0.25, -0.2) is 0 Å². The van der Waals surface area contributed by atoms with Gasteiger partial charge >= 0.3 is 0 Å². The number of piperidine rings is 1. The first-order valence-corrected chi connectivity index (χ1v) is 5.56. The lowest BCUT2D eigenvalue weighted by atomic mass is 9.72. The lowest BCUT2D eigenvalue weighted by molar-refractivity contribution is 0.150. The summed E-state index contributed by atoms with van der Waals surface area (Å²) >= 11 is 0. The van der Waals surface area contributed by atoms with E-state index < -0.39 is 0 Å². The van der Waals surface area contributed by atoms with E-state index in [9.17, 15) is 0 Å². The summed E-state index contributed by atoms with van der Waals surface area (Å²) in [5.74, 6) is 0.962. The molecule has 0 radical (unpaired) electrons. The third-order valence-corrected chi connectivity index (χ3v) is 3.67. The van der Waals surface area contributed by atoms with Gasteiger partial charge in [0, 0.05) is 5.54 Å². The van der Waals surface area contributed by atoms with Gasteiger partial charge in [-0.2, -0.15) is 0 Å². The van der Waals surface area contributed by atoms with Gasteiger partial charge in [0.1, 0.15) is 0 Å². The van der Waals surface area contributed by atoms with Gasteiger partial charge in [-0.05, 0) is 38.1 Å². The Morgan fingerprint density at radius 2 is 2.00 bits per heavy atom. The van der Waals surface area contributed by atoms with E-state index in [0.29, 0.717) is 5.54 Å². The van der Waals surface area contributed by atoms with Gasteiger partial charge in [-0.15, -0.1) is 0 Å². The molecule has 1 aliphatic carbocycles. The summed E-state index contributed by atoms with van der Waals surface area (Å²) in [6.07, 6.45) is 10.1. The summed E-state index contributed by atoms with van der Waals surface area (Å²) in [4.78, 5) is 0. The topological polar surface area (TPSA) is 12.0 Å². The van der Waals surface area contributed by atoms with Gasteiger partial charge in [0.25, 0.3) is 0 Å². The van der Waals surface area contributed by atoms with E-state index in [0.717, 1.165) is 5.92 Å². The third kappa shape index (κ3) is 1.66. The van der Waals surface area contributed by atoms with Crippen molar-refractivity contribution in [3.8, 4) is 0 Å². The molecule has 0 bridgehead atoms. The molecular weight excluding hydrogens is 146 g/mol. The fourth-order valence-corrected chi connectivity index (χ4v) is 3.08. The zero-order chi connectivity index (χ0) is 8.44. The van der Waals surface area contributed by atoms with Crippen molar-refractivity contribution in [2.24, 2.45) is 5.92 Å². The van der Waals surface area contributed by atoms with Crippen LogP contribution in [0.5, 0.6) is 0 Å². The van der Waals surface area contributed by atoms with Crippen LogP contribution < -0.4 is 5.32 Å². The maximum Gasteiger partial charge on any atom is 0.0184 e. The van der Waals surface area contributed by atoms with Crippen molar-refractivity contribution >= 4 is 0 Å². The summed E-state index contributed by atoms with van der Waals surface area (Å²) in [6.45, 7) is 3.68. The van der Waals surface area contributed by atoms with E-state index in [1.165, 1.54) is 51.5 Å². The summed E-state index contributed by atoms with van der Waals surface area (Å²) in [6, 6.07) is 0. The maximum absolute atomic E-state index is 3.76. The van der Waals surface area contributed by atoms with Crippen LogP contribution in [-0.4, -0.2) is 12.1 Å². The number of rotatable bonds is 0. The standard InChI is InChI=1S/C11H21N/c1-10-5-4-7-11(9-10)6-2-3-8-12-11/h10,12H,2-9H2,1H3. The van der Waals surface area contributed by atoms with Crippen LogP contribution in [0.2, 0.25) is 0 Å². The highest BCUT2D eigenvalue weighted by atomic mass is 15.0. The van der Waals surface area contributed by atoms with Gasteiger partial charge in [-0.3, -0.25) is 0 Å². The van der Waals surface area contributed by atoms with Gasteiger partial charge < -0.3 is 5.32 Å². The Morgan fingerprint density at radius 1 is 1.17 bits per heavy atom. The zero-order valence-corrected chi connectivity index (χ0v) is 8.23. The largest absolute Gasteiger partial charge is 0.311 e. The molecule has 1 spiro atoms. The molecule has 0 aromatic rings. The zero-order valence-electron chi connectivity index (χ0n) is 8.23. The van der Waals surface area contributed by atoms with Crippen molar-refractivity contribution in [3.05, 3.63) is 0 Å². The molecule has 2 rings (SSSR count). The molecule has 2 unspecified atom stereocenters. The van der Waals surface area contributed by atoms with Crippen molar-refractivity contribution in [2.75, 3.05) is 6.54 Å². The minimum atomic E-state index is 0.579. The molecule has 2 aliphatic rings. The van der Waals surface area contributed by atoms with Crippen LogP contribution >= 0.6 is 0 Å². The van der Waals surface area contributed by atoms with E-state index in [4.69, 9.17) is 0 Å². The molecule has 1 saturated heterocycles. The minimum absolute atomic E-state index is 0.579. The normalized spacial score (nSPS) is 43.2. The van der Waals surface area contributed by atoms with Gasteiger partial charge in [0.05, 0.1) is 0 Å². The van der Waals surface area contributed by atoms with Gasteiger partial charge in [0.15, 0.2) is 0 Å². The van der Waals surface area contributed by atoms with E-state index in [1.54, 1.807) is 0 Å². The van der Waals surface area contributed by atoms with Crippen LogP contribution in [0, 0.1) is 5.92 Å². The third-order valence-electron chi connectivity index (χ3n) is 3.67. The SMILES string of the molecule is CC1CCCC2(CCCCN2)C1. The summed E-state index contributed by atoms with van der Waals surface area (Å²) in [5, 5.41) is 3.76. The van der Waals surface area contributed by atoms with Crippen LogP contribution in [0.4, 0.5) is 0 Å². The monoisotopic (exact) mass is 167 g/mol. The number of hydrogen-bond donors (Lipinski definition) is 1. The molecule has 1 saturated carbocycles. The number of nitrogens with one attached hydrogen (secondary N) is 1. The summed E-state index contributed by atoms with van der Waals surface area (Å²) in [5.41, 5.74) is 0.579. The molecular formula is C11H21N. The molecule has 0 aromatic carbocycles. The minimum Gasteiger partial charge on any atom is -0.311 e. The van der Waals surface area contributed by atoms with Crippen molar-refractivity contribution < 1.29 is 0 Å². The highest BCUT2D eigenvalue weighted by molar-refractivity contribution is 4.94. The first-order chi connectivity index (χ1) is 5.81. The maximum atomic E-state index is 3.76. The Balaban J connectivity index is 1.97. The molecule has 2 atom stereocenters. The molecule has 1 heterocycles. The van der Waals surface area contributed by atoms with E-state index in [2.05, 4.69) is 12.2 Å². The molecule has 70 valence electrons. The van der Waals surface area contributed by atoms with E-state index >= 15 is 0 Å². The lowest BCUT2D eigenvalue weighted by Gasteiger charge is -2.43. The fourth-order valence-electron chi connectivity index (χ4n) is 3.08. The van der Waals surface area contributed by atoms with Gasteiger partial charge in [0.2, 0.25) is 0 Å². The van der Waals surface area contributed by atoms with E-state index in [1.807, 2.05) is 0 Å². The first kappa shape index (κ1) is 8.55. The second-order valence-electron chi connectivity index (χ2n) is 4.87. The Labute approximate surface area is 75.9 Å². The van der Waals surface area contributed by atoms with E-state index in [-0.39, 0.29) is 0 Å². The predicted molar refractivity (Wildman–Crippen MR) is 52.2 cm³/mol. The van der Waals surface area contributed by atoms with Crippen LogP contribution in [-0.2, 0) is 0 Å². The Kier molecular flexibility index (Phi) is 2.40. The van der Waals surface area contributed by atoms with Crippen molar-refractivity contribution in [3.63, 3.8) is 0 Å². The lowest BCUT2D eigenvalue weighted by Crippen LogP contribution is -2.51. The highest BCUT2D eigenvalue weighted by Gasteiger charge is 2.35. The molecule has 0 amide bonds. The Bertz CT molecular complexity index is 142. The molecule has 2 fully saturated rings. The molecule has 12 heavy (non-hydrogen) atoms. The Morgan fingerprint density at radius 3 is 2.67 bits per heavy atom. The Hall–Kier alpha value is -0.0400. The molecule has 0 aromatic heterocycles. The smallest absolute Gasteiger partial charge is 0.0184 e. The molecule has 1 heteroatoms. The van der Waals surface area contributed by atoms with Crippen molar-refractivity contribution in [1.29, 1.82) is 0 Å². The molecule has 1 aliphatic heterocycles. The average molecular weight is 167 g/mol. The van der Waals surface area contributed by atoms with Gasteiger partial charge in [-0.1, -0.05) is 26.2 Å². The predicted octanol–water partition coefficient (Wildman–Crippen LogP) is 2.71. The fraction of sp³-hybridized carbons (Fsp3) is 1.00.